The van der Waals surface area contributed by atoms with E-state index >= 15 is 0 Å². The number of aryl methyl sites for hydroxylation is 1. The molecule has 0 N–H and O–H groups in total. The minimum absolute atomic E-state index is 0.257. The molecule has 1 aromatic rings. The van der Waals surface area contributed by atoms with Gasteiger partial charge in [0.25, 0.3) is 0 Å². The number of hydrogen-bond donors (Lipinski definition) is 0. The van der Waals surface area contributed by atoms with Gasteiger partial charge in [-0.3, -0.25) is 9.48 Å². The molecule has 1 aliphatic rings. The van der Waals surface area contributed by atoms with Crippen LogP contribution >= 0.6 is 22.6 Å². The molecule has 14 heavy (non-hydrogen) atoms. The summed E-state index contributed by atoms with van der Waals surface area (Å²) in [5.74, 6) is 0.549. The fourth-order valence-corrected chi connectivity index (χ4v) is 2.53. The van der Waals surface area contributed by atoms with Crippen LogP contribution in [0, 0.1) is 9.62 Å². The highest BCUT2D eigenvalue weighted by Gasteiger charge is 2.26. The van der Waals surface area contributed by atoms with Crippen LogP contribution in [0.4, 0.5) is 0 Å². The first-order valence-electron chi connectivity index (χ1n) is 4.92. The van der Waals surface area contributed by atoms with Gasteiger partial charge >= 0.3 is 0 Å². The number of hydrogen-bond acceptors (Lipinski definition) is 2. The lowest BCUT2D eigenvalue weighted by molar-refractivity contribution is 0.0922. The summed E-state index contributed by atoms with van der Waals surface area (Å²) >= 11 is 2.18. The van der Waals surface area contributed by atoms with Gasteiger partial charge in [0.2, 0.25) is 0 Å². The van der Waals surface area contributed by atoms with E-state index in [2.05, 4.69) is 27.7 Å². The van der Waals surface area contributed by atoms with Crippen molar-refractivity contribution in [1.82, 2.24) is 9.78 Å². The maximum absolute atomic E-state index is 12.0. The molecule has 0 aromatic carbocycles. The second-order valence-electron chi connectivity index (χ2n) is 3.82. The monoisotopic (exact) mass is 304 g/mol. The summed E-state index contributed by atoms with van der Waals surface area (Å²) in [6, 6.07) is 0. The van der Waals surface area contributed by atoms with Gasteiger partial charge in [0.15, 0.2) is 5.78 Å². The fourth-order valence-electron chi connectivity index (χ4n) is 2.00. The summed E-state index contributed by atoms with van der Waals surface area (Å²) in [4.78, 5) is 12.0. The van der Waals surface area contributed by atoms with Gasteiger partial charge in [0.05, 0.1) is 11.8 Å². The Balaban J connectivity index is 2.22. The third-order valence-corrected chi connectivity index (χ3v) is 4.14. The number of nitrogens with zero attached hydrogens (tertiary/aromatic N) is 2. The van der Waals surface area contributed by atoms with Crippen LogP contribution in [0.1, 0.15) is 36.0 Å². The predicted octanol–water partition coefficient (Wildman–Crippen LogP) is 2.40. The Labute approximate surface area is 97.0 Å². The van der Waals surface area contributed by atoms with Crippen molar-refractivity contribution in [3.05, 3.63) is 15.5 Å². The lowest BCUT2D eigenvalue weighted by atomic mass is 9.99. The van der Waals surface area contributed by atoms with Crippen molar-refractivity contribution < 1.29 is 4.79 Å². The zero-order chi connectivity index (χ0) is 10.1. The molecule has 3 nitrogen and oxygen atoms in total. The molecule has 0 unspecified atom stereocenters. The summed E-state index contributed by atoms with van der Waals surface area (Å²) < 4.78 is 2.71. The Kier molecular flexibility index (Phi) is 2.90. The Hall–Kier alpha value is -0.390. The Morgan fingerprint density at radius 1 is 1.57 bits per heavy atom. The Bertz CT molecular complexity index is 353. The van der Waals surface area contributed by atoms with Crippen molar-refractivity contribution in [2.45, 2.75) is 25.7 Å². The molecule has 1 heterocycles. The molecule has 0 spiro atoms. The van der Waals surface area contributed by atoms with Gasteiger partial charge < -0.3 is 0 Å². The molecule has 0 saturated heterocycles. The third-order valence-electron chi connectivity index (χ3n) is 2.86. The molecule has 2 rings (SSSR count). The quantitative estimate of drug-likeness (QED) is 0.621. The smallest absolute Gasteiger partial charge is 0.170 e. The van der Waals surface area contributed by atoms with Crippen LogP contribution in [-0.4, -0.2) is 15.6 Å². The highest BCUT2D eigenvalue weighted by molar-refractivity contribution is 14.1. The number of carbonyl (C=O) groups is 1. The van der Waals surface area contributed by atoms with Crippen LogP contribution in [0.2, 0.25) is 0 Å². The van der Waals surface area contributed by atoms with Gasteiger partial charge in [-0.25, -0.2) is 0 Å². The maximum atomic E-state index is 12.0. The van der Waals surface area contributed by atoms with Gasteiger partial charge in [0.1, 0.15) is 3.70 Å². The van der Waals surface area contributed by atoms with E-state index in [0.717, 1.165) is 22.1 Å². The zero-order valence-electron chi connectivity index (χ0n) is 8.16. The molecule has 4 heteroatoms. The maximum Gasteiger partial charge on any atom is 0.170 e. The largest absolute Gasteiger partial charge is 0.294 e. The number of aromatic nitrogens is 2. The highest BCUT2D eigenvalue weighted by atomic mass is 127. The summed E-state index contributed by atoms with van der Waals surface area (Å²) in [6.07, 6.45) is 6.22. The third kappa shape index (κ3) is 1.71. The summed E-state index contributed by atoms with van der Waals surface area (Å²) in [5, 5.41) is 4.10. The van der Waals surface area contributed by atoms with E-state index in [1.807, 2.05) is 7.05 Å². The minimum atomic E-state index is 0.257. The van der Waals surface area contributed by atoms with E-state index in [0.29, 0.717) is 5.78 Å². The molecule has 0 aliphatic heterocycles. The molecule has 0 bridgehead atoms. The molecule has 1 saturated carbocycles. The standard InChI is InChI=1S/C10H13IN2O/c1-13-10(11)8(6-12-13)9(14)7-4-2-3-5-7/h6-7H,2-5H2,1H3. The van der Waals surface area contributed by atoms with Gasteiger partial charge in [-0.2, -0.15) is 5.10 Å². The lowest BCUT2D eigenvalue weighted by Crippen LogP contribution is -2.12. The number of halogens is 1. The average Bonchev–Trinajstić information content (AvgIpc) is 2.77. The number of carbonyl (C=O) groups excluding carboxylic acids is 1. The first-order valence-corrected chi connectivity index (χ1v) is 5.99. The normalized spacial score (nSPS) is 17.6. The van der Waals surface area contributed by atoms with Crippen LogP contribution in [0.3, 0.4) is 0 Å². The molecule has 0 atom stereocenters. The molecule has 0 radical (unpaired) electrons. The van der Waals surface area contributed by atoms with E-state index in [4.69, 9.17) is 0 Å². The van der Waals surface area contributed by atoms with Crippen molar-refractivity contribution >= 4 is 28.4 Å². The predicted molar refractivity (Wildman–Crippen MR) is 62.2 cm³/mol. The van der Waals surface area contributed by atoms with Gasteiger partial charge in [-0.1, -0.05) is 12.8 Å². The molecular formula is C10H13IN2O. The van der Waals surface area contributed by atoms with Crippen LogP contribution in [-0.2, 0) is 7.05 Å². The molecule has 1 aliphatic carbocycles. The zero-order valence-corrected chi connectivity index (χ0v) is 10.3. The topological polar surface area (TPSA) is 34.9 Å². The van der Waals surface area contributed by atoms with Crippen molar-refractivity contribution in [2.75, 3.05) is 0 Å². The highest BCUT2D eigenvalue weighted by Crippen LogP contribution is 2.29. The first-order chi connectivity index (χ1) is 6.70. The molecule has 0 amide bonds. The minimum Gasteiger partial charge on any atom is -0.294 e. The van der Waals surface area contributed by atoms with E-state index in [9.17, 15) is 4.79 Å². The number of Topliss-reactive ketones (excluding diaryl/α,β-unsaturated/α-hetero) is 1. The molecule has 1 aromatic heterocycles. The van der Waals surface area contributed by atoms with Gasteiger partial charge in [-0.05, 0) is 35.4 Å². The molecule has 76 valence electrons. The van der Waals surface area contributed by atoms with Crippen molar-refractivity contribution in [3.63, 3.8) is 0 Å². The van der Waals surface area contributed by atoms with Crippen LogP contribution in [0.25, 0.3) is 0 Å². The second kappa shape index (κ2) is 4.00. The van der Waals surface area contributed by atoms with Crippen molar-refractivity contribution in [1.29, 1.82) is 0 Å². The molecule has 1 fully saturated rings. The molecular weight excluding hydrogens is 291 g/mol. The number of ketones is 1. The van der Waals surface area contributed by atoms with E-state index in [-0.39, 0.29) is 5.92 Å². The lowest BCUT2D eigenvalue weighted by Gasteiger charge is -2.05. The Morgan fingerprint density at radius 2 is 2.21 bits per heavy atom. The van der Waals surface area contributed by atoms with E-state index in [1.165, 1.54) is 12.8 Å². The van der Waals surface area contributed by atoms with Crippen molar-refractivity contribution in [2.24, 2.45) is 13.0 Å². The average molecular weight is 304 g/mol. The van der Waals surface area contributed by atoms with Crippen molar-refractivity contribution in [3.8, 4) is 0 Å². The second-order valence-corrected chi connectivity index (χ2v) is 4.84. The van der Waals surface area contributed by atoms with Crippen LogP contribution < -0.4 is 0 Å². The fraction of sp³-hybridized carbons (Fsp3) is 0.600. The van der Waals surface area contributed by atoms with E-state index in [1.54, 1.807) is 10.9 Å². The van der Waals surface area contributed by atoms with Crippen LogP contribution in [0.5, 0.6) is 0 Å². The van der Waals surface area contributed by atoms with Gasteiger partial charge in [0, 0.05) is 13.0 Å². The van der Waals surface area contributed by atoms with Gasteiger partial charge in [-0.15, -0.1) is 0 Å². The van der Waals surface area contributed by atoms with Crippen LogP contribution in [0.15, 0.2) is 6.20 Å². The van der Waals surface area contributed by atoms with E-state index < -0.39 is 0 Å². The summed E-state index contributed by atoms with van der Waals surface area (Å²) in [7, 11) is 1.87. The summed E-state index contributed by atoms with van der Waals surface area (Å²) in [5.41, 5.74) is 0.806. The Morgan fingerprint density at radius 3 is 2.71 bits per heavy atom. The first kappa shape index (κ1) is 10.1. The summed E-state index contributed by atoms with van der Waals surface area (Å²) in [6.45, 7) is 0. The SMILES string of the molecule is Cn1ncc(C(=O)C2CCCC2)c1I. The number of rotatable bonds is 2.